The van der Waals surface area contributed by atoms with Crippen LogP contribution in [0.2, 0.25) is 0 Å². The zero-order valence-corrected chi connectivity index (χ0v) is 12.9. The highest BCUT2D eigenvalue weighted by Crippen LogP contribution is 2.27. The lowest BCUT2D eigenvalue weighted by Crippen LogP contribution is -2.11. The highest BCUT2D eigenvalue weighted by atomic mass is 16.3. The maximum absolute atomic E-state index is 10.5. The Kier molecular flexibility index (Phi) is 3.96. The van der Waals surface area contributed by atoms with Gasteiger partial charge in [0, 0.05) is 11.4 Å². The van der Waals surface area contributed by atoms with E-state index in [2.05, 4.69) is 37.9 Å². The maximum Gasteiger partial charge on any atom is 0.104 e. The van der Waals surface area contributed by atoms with Crippen LogP contribution in [0.3, 0.4) is 0 Å². The van der Waals surface area contributed by atoms with E-state index < -0.39 is 6.10 Å². The van der Waals surface area contributed by atoms with Gasteiger partial charge in [-0.15, -0.1) is 0 Å². The molecule has 0 saturated carbocycles. The molecule has 1 unspecified atom stereocenters. The first-order valence-corrected chi connectivity index (χ1v) is 7.01. The summed E-state index contributed by atoms with van der Waals surface area (Å²) in [7, 11) is 0. The van der Waals surface area contributed by atoms with Gasteiger partial charge < -0.3 is 5.11 Å². The Hall–Kier alpha value is -1.67. The van der Waals surface area contributed by atoms with Crippen LogP contribution in [0.1, 0.15) is 55.0 Å². The molecule has 0 aliphatic carbocycles. The maximum atomic E-state index is 10.5. The predicted octanol–water partition coefficient (Wildman–Crippen LogP) is 4.08. The molecule has 1 N–H and O–H groups in total. The fourth-order valence-electron chi connectivity index (χ4n) is 2.38. The molecule has 1 heterocycles. The quantitative estimate of drug-likeness (QED) is 0.891. The van der Waals surface area contributed by atoms with Gasteiger partial charge in [0.25, 0.3) is 0 Å². The van der Waals surface area contributed by atoms with Crippen molar-refractivity contribution in [2.45, 2.75) is 46.1 Å². The fourth-order valence-corrected chi connectivity index (χ4v) is 2.38. The van der Waals surface area contributed by atoms with Crippen molar-refractivity contribution in [3.8, 4) is 0 Å². The Morgan fingerprint density at radius 2 is 1.40 bits per heavy atom. The summed E-state index contributed by atoms with van der Waals surface area (Å²) in [5.74, 6) is 0. The Bertz CT molecular complexity index is 574. The topological polar surface area (TPSA) is 33.1 Å². The summed E-state index contributed by atoms with van der Waals surface area (Å²) in [6.45, 7) is 10.5. The zero-order chi connectivity index (χ0) is 14.9. The molecule has 1 aromatic carbocycles. The third-order valence-corrected chi connectivity index (χ3v) is 3.51. The van der Waals surface area contributed by atoms with Crippen molar-refractivity contribution in [1.82, 2.24) is 4.98 Å². The molecule has 0 spiro atoms. The number of hydrogen-bond acceptors (Lipinski definition) is 2. The smallest absolute Gasteiger partial charge is 0.104 e. The van der Waals surface area contributed by atoms with E-state index in [1.54, 1.807) is 0 Å². The number of rotatable bonds is 2. The lowest BCUT2D eigenvalue weighted by atomic mass is 9.86. The fraction of sp³-hybridized carbons (Fsp3) is 0.389. The second kappa shape index (κ2) is 5.37. The van der Waals surface area contributed by atoms with Gasteiger partial charge in [0.2, 0.25) is 0 Å². The molecule has 0 amide bonds. The normalized spacial score (nSPS) is 13.3. The molecule has 2 heteroatoms. The van der Waals surface area contributed by atoms with E-state index in [-0.39, 0.29) is 5.41 Å². The number of pyridine rings is 1. The Morgan fingerprint density at radius 1 is 0.900 bits per heavy atom. The molecule has 0 aliphatic heterocycles. The molecule has 20 heavy (non-hydrogen) atoms. The molecule has 0 aliphatic rings. The van der Waals surface area contributed by atoms with E-state index >= 15 is 0 Å². The number of benzene rings is 1. The molecular formula is C18H23NO. The predicted molar refractivity (Wildman–Crippen MR) is 82.9 cm³/mol. The van der Waals surface area contributed by atoms with Crippen molar-refractivity contribution in [3.05, 3.63) is 64.5 Å². The molecule has 0 bridgehead atoms. The summed E-state index contributed by atoms with van der Waals surface area (Å²) in [4.78, 5) is 4.35. The number of aliphatic hydroxyl groups is 1. The average Bonchev–Trinajstić information content (AvgIpc) is 2.36. The monoisotopic (exact) mass is 269 g/mol. The van der Waals surface area contributed by atoms with Crippen LogP contribution in [0.25, 0.3) is 0 Å². The van der Waals surface area contributed by atoms with Crippen LogP contribution >= 0.6 is 0 Å². The number of aliphatic hydroxyl groups excluding tert-OH is 1. The minimum absolute atomic E-state index is 0.132. The van der Waals surface area contributed by atoms with Crippen LogP contribution in [-0.4, -0.2) is 10.1 Å². The second-order valence-corrected chi connectivity index (χ2v) is 6.46. The van der Waals surface area contributed by atoms with Gasteiger partial charge in [0.15, 0.2) is 0 Å². The second-order valence-electron chi connectivity index (χ2n) is 6.46. The van der Waals surface area contributed by atoms with E-state index in [1.807, 2.05) is 38.1 Å². The third-order valence-electron chi connectivity index (χ3n) is 3.51. The molecule has 0 fully saturated rings. The number of aromatic nitrogens is 1. The van der Waals surface area contributed by atoms with E-state index in [9.17, 15) is 5.11 Å². The average molecular weight is 269 g/mol. The SMILES string of the molecule is Cc1cc(C(O)c2ccc(C(C)(C)C)cc2)cc(C)n1. The lowest BCUT2D eigenvalue weighted by Gasteiger charge is -2.20. The largest absolute Gasteiger partial charge is 0.384 e. The van der Waals surface area contributed by atoms with Crippen molar-refractivity contribution in [1.29, 1.82) is 0 Å². The van der Waals surface area contributed by atoms with Gasteiger partial charge in [0.1, 0.15) is 6.10 Å². The molecule has 1 atom stereocenters. The zero-order valence-electron chi connectivity index (χ0n) is 12.9. The van der Waals surface area contributed by atoms with Gasteiger partial charge in [-0.25, -0.2) is 0 Å². The van der Waals surface area contributed by atoms with Crippen LogP contribution in [0.4, 0.5) is 0 Å². The van der Waals surface area contributed by atoms with Crippen LogP contribution in [-0.2, 0) is 5.41 Å². The number of hydrogen-bond donors (Lipinski definition) is 1. The number of aryl methyl sites for hydroxylation is 2. The lowest BCUT2D eigenvalue weighted by molar-refractivity contribution is 0.220. The molecule has 1 aromatic heterocycles. The van der Waals surface area contributed by atoms with Crippen molar-refractivity contribution in [2.24, 2.45) is 0 Å². The molecule has 0 saturated heterocycles. The van der Waals surface area contributed by atoms with Crippen LogP contribution in [0.15, 0.2) is 36.4 Å². The molecule has 106 valence electrons. The van der Waals surface area contributed by atoms with Crippen LogP contribution in [0, 0.1) is 13.8 Å². The molecular weight excluding hydrogens is 246 g/mol. The van der Waals surface area contributed by atoms with Gasteiger partial charge in [-0.1, -0.05) is 45.0 Å². The van der Waals surface area contributed by atoms with Gasteiger partial charge >= 0.3 is 0 Å². The highest BCUT2D eigenvalue weighted by Gasteiger charge is 2.16. The third kappa shape index (κ3) is 3.26. The Balaban J connectivity index is 2.31. The van der Waals surface area contributed by atoms with Gasteiger partial charge in [-0.3, -0.25) is 4.98 Å². The summed E-state index contributed by atoms with van der Waals surface area (Å²) in [5, 5.41) is 10.5. The van der Waals surface area contributed by atoms with Gasteiger partial charge in [-0.2, -0.15) is 0 Å². The summed E-state index contributed by atoms with van der Waals surface area (Å²) in [5.41, 5.74) is 5.10. The van der Waals surface area contributed by atoms with Gasteiger partial charge in [-0.05, 0) is 48.1 Å². The Morgan fingerprint density at radius 3 is 1.85 bits per heavy atom. The first kappa shape index (κ1) is 14.7. The minimum atomic E-state index is -0.593. The van der Waals surface area contributed by atoms with Crippen molar-refractivity contribution in [2.75, 3.05) is 0 Å². The summed E-state index contributed by atoms with van der Waals surface area (Å²) in [6.07, 6.45) is -0.593. The molecule has 2 aromatic rings. The Labute approximate surface area is 121 Å². The van der Waals surface area contributed by atoms with E-state index in [4.69, 9.17) is 0 Å². The summed E-state index contributed by atoms with van der Waals surface area (Å²) in [6, 6.07) is 12.1. The van der Waals surface area contributed by atoms with Crippen molar-refractivity contribution < 1.29 is 5.11 Å². The van der Waals surface area contributed by atoms with E-state index in [0.717, 1.165) is 22.5 Å². The van der Waals surface area contributed by atoms with Crippen molar-refractivity contribution in [3.63, 3.8) is 0 Å². The minimum Gasteiger partial charge on any atom is -0.384 e. The van der Waals surface area contributed by atoms with Crippen LogP contribution < -0.4 is 0 Å². The number of nitrogens with zero attached hydrogens (tertiary/aromatic N) is 1. The molecule has 2 nitrogen and oxygen atoms in total. The van der Waals surface area contributed by atoms with Gasteiger partial charge in [0.05, 0.1) is 0 Å². The van der Waals surface area contributed by atoms with E-state index in [0.29, 0.717) is 0 Å². The molecule has 0 radical (unpaired) electrons. The first-order chi connectivity index (χ1) is 9.27. The van der Waals surface area contributed by atoms with Crippen molar-refractivity contribution >= 4 is 0 Å². The molecule has 2 rings (SSSR count). The van der Waals surface area contributed by atoms with Crippen LogP contribution in [0.5, 0.6) is 0 Å². The van der Waals surface area contributed by atoms with E-state index in [1.165, 1.54) is 5.56 Å². The summed E-state index contributed by atoms with van der Waals surface area (Å²) < 4.78 is 0. The first-order valence-electron chi connectivity index (χ1n) is 7.01. The standard InChI is InChI=1S/C18H23NO/c1-12-10-15(11-13(2)19-12)17(20)14-6-8-16(9-7-14)18(3,4)5/h6-11,17,20H,1-5H3. The summed E-state index contributed by atoms with van der Waals surface area (Å²) >= 11 is 0. The highest BCUT2D eigenvalue weighted by molar-refractivity contribution is 5.34.